The maximum absolute atomic E-state index is 13.1. The van der Waals surface area contributed by atoms with Gasteiger partial charge in [-0.3, -0.25) is 14.4 Å². The molecule has 0 aliphatic carbocycles. The minimum Gasteiger partial charge on any atom is -0.339 e. The fraction of sp³-hybridized carbons (Fsp3) is 0.435. The largest absolute Gasteiger partial charge is 0.339 e. The zero-order chi connectivity index (χ0) is 21.7. The second kappa shape index (κ2) is 9.89. The Morgan fingerprint density at radius 2 is 1.63 bits per heavy atom. The first-order valence-electron chi connectivity index (χ1n) is 10.4. The van der Waals surface area contributed by atoms with Gasteiger partial charge in [-0.05, 0) is 41.5 Å². The highest BCUT2D eigenvalue weighted by Gasteiger charge is 2.32. The van der Waals surface area contributed by atoms with Crippen molar-refractivity contribution in [3.8, 4) is 0 Å². The Labute approximate surface area is 181 Å². The minimum absolute atomic E-state index is 0.00356. The minimum atomic E-state index is -0.580. The number of aryl methyl sites for hydroxylation is 1. The highest BCUT2D eigenvalue weighted by molar-refractivity contribution is 7.12. The SMILES string of the molecule is CCc1ccc(C(=O)N2CCN(C(=O)C(NC(=O)c3cccs3)C(C)C)CC2)cc1. The first-order chi connectivity index (χ1) is 14.4. The normalized spacial score (nSPS) is 15.2. The van der Waals surface area contributed by atoms with Crippen LogP contribution in [-0.4, -0.2) is 59.7 Å². The Bertz CT molecular complexity index is 870. The zero-order valence-electron chi connectivity index (χ0n) is 17.8. The second-order valence-corrected chi connectivity index (χ2v) is 8.79. The molecule has 1 aliphatic heterocycles. The highest BCUT2D eigenvalue weighted by atomic mass is 32.1. The molecular formula is C23H29N3O3S. The maximum atomic E-state index is 13.1. The molecule has 0 saturated carbocycles. The molecule has 1 aromatic heterocycles. The van der Waals surface area contributed by atoms with E-state index in [-0.39, 0.29) is 23.6 Å². The summed E-state index contributed by atoms with van der Waals surface area (Å²) in [5, 5.41) is 4.73. The van der Waals surface area contributed by atoms with Crippen LogP contribution in [0.1, 0.15) is 46.4 Å². The van der Waals surface area contributed by atoms with Crippen LogP contribution in [0.15, 0.2) is 41.8 Å². The summed E-state index contributed by atoms with van der Waals surface area (Å²) < 4.78 is 0. The van der Waals surface area contributed by atoms with Crippen molar-refractivity contribution in [1.82, 2.24) is 15.1 Å². The van der Waals surface area contributed by atoms with E-state index in [1.807, 2.05) is 49.6 Å². The smallest absolute Gasteiger partial charge is 0.262 e. The van der Waals surface area contributed by atoms with Gasteiger partial charge in [-0.2, -0.15) is 0 Å². The summed E-state index contributed by atoms with van der Waals surface area (Å²) in [4.78, 5) is 42.4. The third-order valence-corrected chi connectivity index (χ3v) is 6.32. The van der Waals surface area contributed by atoms with Crippen molar-refractivity contribution in [2.45, 2.75) is 33.2 Å². The highest BCUT2D eigenvalue weighted by Crippen LogP contribution is 2.15. The van der Waals surface area contributed by atoms with Gasteiger partial charge in [0, 0.05) is 31.7 Å². The van der Waals surface area contributed by atoms with Crippen molar-refractivity contribution < 1.29 is 14.4 Å². The van der Waals surface area contributed by atoms with Crippen molar-refractivity contribution in [2.24, 2.45) is 5.92 Å². The van der Waals surface area contributed by atoms with E-state index in [2.05, 4.69) is 12.2 Å². The molecule has 0 radical (unpaired) electrons. The number of hydrogen-bond donors (Lipinski definition) is 1. The lowest BCUT2D eigenvalue weighted by Crippen LogP contribution is -2.57. The van der Waals surface area contributed by atoms with Crippen LogP contribution in [0.4, 0.5) is 0 Å². The van der Waals surface area contributed by atoms with Crippen LogP contribution in [0.2, 0.25) is 0 Å². The van der Waals surface area contributed by atoms with Crippen molar-refractivity contribution in [3.63, 3.8) is 0 Å². The Hall–Kier alpha value is -2.67. The van der Waals surface area contributed by atoms with Crippen molar-refractivity contribution in [2.75, 3.05) is 26.2 Å². The Balaban J connectivity index is 1.58. The summed E-state index contributed by atoms with van der Waals surface area (Å²) in [5.74, 6) is -0.343. The van der Waals surface area contributed by atoms with Gasteiger partial charge >= 0.3 is 0 Å². The number of hydrogen-bond acceptors (Lipinski definition) is 4. The Morgan fingerprint density at radius 1 is 1.00 bits per heavy atom. The van der Waals surface area contributed by atoms with Crippen molar-refractivity contribution >= 4 is 29.1 Å². The van der Waals surface area contributed by atoms with Gasteiger partial charge < -0.3 is 15.1 Å². The summed E-state index contributed by atoms with van der Waals surface area (Å²) >= 11 is 1.35. The number of nitrogens with one attached hydrogen (secondary N) is 1. The fourth-order valence-electron chi connectivity index (χ4n) is 3.53. The monoisotopic (exact) mass is 427 g/mol. The molecule has 1 saturated heterocycles. The van der Waals surface area contributed by atoms with Crippen LogP contribution >= 0.6 is 11.3 Å². The number of rotatable bonds is 6. The molecule has 1 aliphatic rings. The predicted octanol–water partition coefficient (Wildman–Crippen LogP) is 3.05. The zero-order valence-corrected chi connectivity index (χ0v) is 18.6. The molecule has 1 aromatic carbocycles. The third-order valence-electron chi connectivity index (χ3n) is 5.45. The van der Waals surface area contributed by atoms with Gasteiger partial charge in [0.25, 0.3) is 11.8 Å². The Kier molecular flexibility index (Phi) is 7.26. The Morgan fingerprint density at radius 3 is 2.17 bits per heavy atom. The summed E-state index contributed by atoms with van der Waals surface area (Å²) in [6, 6.07) is 10.7. The van der Waals surface area contributed by atoms with E-state index in [9.17, 15) is 14.4 Å². The topological polar surface area (TPSA) is 69.7 Å². The second-order valence-electron chi connectivity index (χ2n) is 7.84. The molecule has 3 rings (SSSR count). The molecule has 1 fully saturated rings. The average Bonchev–Trinajstić information content (AvgIpc) is 3.31. The number of amides is 3. The summed E-state index contributed by atoms with van der Waals surface area (Å²) in [5.41, 5.74) is 1.88. The van der Waals surface area contributed by atoms with E-state index in [0.29, 0.717) is 36.6 Å². The van der Waals surface area contributed by atoms with Crippen molar-refractivity contribution in [3.05, 3.63) is 57.8 Å². The molecular weight excluding hydrogens is 398 g/mol. The van der Waals surface area contributed by atoms with E-state index in [4.69, 9.17) is 0 Å². The molecule has 1 unspecified atom stereocenters. The molecule has 2 aromatic rings. The molecule has 1 N–H and O–H groups in total. The lowest BCUT2D eigenvalue weighted by molar-refractivity contribution is -0.135. The van der Waals surface area contributed by atoms with Crippen molar-refractivity contribution in [1.29, 1.82) is 0 Å². The van der Waals surface area contributed by atoms with Gasteiger partial charge in [0.1, 0.15) is 6.04 Å². The van der Waals surface area contributed by atoms with Gasteiger partial charge in [-0.15, -0.1) is 11.3 Å². The molecule has 6 nitrogen and oxygen atoms in total. The predicted molar refractivity (Wildman–Crippen MR) is 119 cm³/mol. The van der Waals surface area contributed by atoms with Gasteiger partial charge in [0.05, 0.1) is 4.88 Å². The van der Waals surface area contributed by atoms with E-state index in [1.165, 1.54) is 16.9 Å². The van der Waals surface area contributed by atoms with Gasteiger partial charge in [-0.25, -0.2) is 0 Å². The quantitative estimate of drug-likeness (QED) is 0.770. The van der Waals surface area contributed by atoms with E-state index in [0.717, 1.165) is 6.42 Å². The van der Waals surface area contributed by atoms with E-state index >= 15 is 0 Å². The average molecular weight is 428 g/mol. The number of piperazine rings is 1. The molecule has 3 amide bonds. The number of carbonyl (C=O) groups is 3. The summed E-state index contributed by atoms with van der Waals surface area (Å²) in [6.07, 6.45) is 0.940. The number of nitrogens with zero attached hydrogens (tertiary/aromatic N) is 2. The van der Waals surface area contributed by atoms with Crippen LogP contribution < -0.4 is 5.32 Å². The lowest BCUT2D eigenvalue weighted by atomic mass is 10.0. The molecule has 0 spiro atoms. The van der Waals surface area contributed by atoms with Gasteiger partial charge in [0.15, 0.2) is 0 Å². The molecule has 7 heteroatoms. The number of benzene rings is 1. The first kappa shape index (κ1) is 22.0. The molecule has 30 heavy (non-hydrogen) atoms. The van der Waals surface area contributed by atoms with Crippen LogP contribution in [0.5, 0.6) is 0 Å². The number of thiophene rings is 1. The van der Waals surface area contributed by atoms with E-state index in [1.54, 1.807) is 15.9 Å². The summed E-state index contributed by atoms with van der Waals surface area (Å²) in [7, 11) is 0. The van der Waals surface area contributed by atoms with Gasteiger partial charge in [0.2, 0.25) is 5.91 Å². The summed E-state index contributed by atoms with van der Waals surface area (Å²) in [6.45, 7) is 7.85. The van der Waals surface area contributed by atoms with Crippen LogP contribution in [0, 0.1) is 5.92 Å². The molecule has 1 atom stereocenters. The van der Waals surface area contributed by atoms with Gasteiger partial charge in [-0.1, -0.05) is 39.0 Å². The first-order valence-corrected chi connectivity index (χ1v) is 11.3. The molecule has 160 valence electrons. The standard InChI is InChI=1S/C23H29N3O3S/c1-4-17-7-9-18(10-8-17)22(28)25-11-13-26(14-12-25)23(29)20(16(2)3)24-21(27)19-6-5-15-30-19/h5-10,15-16,20H,4,11-14H2,1-3H3,(H,24,27). The van der Waals surface area contributed by atoms with E-state index < -0.39 is 6.04 Å². The van der Waals surface area contributed by atoms with Crippen LogP contribution in [0.25, 0.3) is 0 Å². The molecule has 0 bridgehead atoms. The lowest BCUT2D eigenvalue weighted by Gasteiger charge is -2.37. The van der Waals surface area contributed by atoms with Crippen LogP contribution in [-0.2, 0) is 11.2 Å². The number of carbonyl (C=O) groups excluding carboxylic acids is 3. The van der Waals surface area contributed by atoms with Crippen LogP contribution in [0.3, 0.4) is 0 Å². The molecule has 2 heterocycles. The maximum Gasteiger partial charge on any atom is 0.262 e. The fourth-order valence-corrected chi connectivity index (χ4v) is 4.15. The third kappa shape index (κ3) is 5.08.